The van der Waals surface area contributed by atoms with E-state index < -0.39 is 12.0 Å². The van der Waals surface area contributed by atoms with Gasteiger partial charge in [-0.2, -0.15) is 5.26 Å². The molecule has 0 aliphatic heterocycles. The number of nitrogens with zero attached hydrogens (tertiary/aromatic N) is 1. The van der Waals surface area contributed by atoms with Gasteiger partial charge in [0.2, 0.25) is 0 Å². The minimum absolute atomic E-state index is 0.366. The van der Waals surface area contributed by atoms with Gasteiger partial charge in [-0.05, 0) is 43.0 Å². The highest BCUT2D eigenvalue weighted by Gasteiger charge is 2.23. The van der Waals surface area contributed by atoms with Crippen LogP contribution in [0.15, 0.2) is 35.9 Å². The summed E-state index contributed by atoms with van der Waals surface area (Å²) >= 11 is 0. The lowest BCUT2D eigenvalue weighted by atomic mass is 9.95. The summed E-state index contributed by atoms with van der Waals surface area (Å²) in [4.78, 5) is 12.5. The van der Waals surface area contributed by atoms with Crippen LogP contribution in [0.2, 0.25) is 0 Å². The molecule has 1 aromatic rings. The van der Waals surface area contributed by atoms with E-state index in [2.05, 4.69) is 17.9 Å². The van der Waals surface area contributed by atoms with Crippen LogP contribution in [0.1, 0.15) is 50.2 Å². The van der Waals surface area contributed by atoms with Gasteiger partial charge in [0.05, 0.1) is 17.6 Å². The summed E-state index contributed by atoms with van der Waals surface area (Å²) in [6.45, 7) is 3.74. The molecule has 0 radical (unpaired) electrons. The quantitative estimate of drug-likeness (QED) is 0.331. The van der Waals surface area contributed by atoms with Gasteiger partial charge >= 0.3 is 5.97 Å². The highest BCUT2D eigenvalue weighted by atomic mass is 16.5. The molecule has 0 amide bonds. The second-order valence-electron chi connectivity index (χ2n) is 5.37. The van der Waals surface area contributed by atoms with Crippen molar-refractivity contribution in [2.75, 3.05) is 0 Å². The van der Waals surface area contributed by atoms with Gasteiger partial charge in [-0.1, -0.05) is 31.1 Å². The Morgan fingerprint density at radius 2 is 2.00 bits per heavy atom. The number of allylic oxidation sites excluding steroid dienone is 1. The molecule has 2 unspecified atom stereocenters. The molecule has 0 fully saturated rings. The lowest BCUT2D eigenvalue weighted by Gasteiger charge is -2.19. The average Bonchev–Trinajstić information content (AvgIpc) is 2.61. The third-order valence-electron chi connectivity index (χ3n) is 3.69. The molecule has 0 aliphatic rings. The van der Waals surface area contributed by atoms with E-state index in [1.54, 1.807) is 24.3 Å². The van der Waals surface area contributed by atoms with E-state index in [-0.39, 0.29) is 5.97 Å². The summed E-state index contributed by atoms with van der Waals surface area (Å²) in [5.74, 6) is 4.28. The Bertz CT molecular complexity index is 708. The molecule has 122 valence electrons. The van der Waals surface area contributed by atoms with Crippen molar-refractivity contribution in [1.82, 2.24) is 0 Å². The Morgan fingerprint density at radius 3 is 2.50 bits per heavy atom. The molecule has 0 saturated carbocycles. The standard InChI is InChI=1S/C21H21NO2/c1-5-8-9-10-16(4)20(7-3)24-21(23)19(6-2)18-13-11-17(15-22)12-14-18/h1,3,10-14,19-20H,6,8-9H2,2,4H3/b16-10+. The van der Waals surface area contributed by atoms with Gasteiger partial charge in [-0.25, -0.2) is 0 Å². The van der Waals surface area contributed by atoms with Gasteiger partial charge in [0, 0.05) is 6.42 Å². The van der Waals surface area contributed by atoms with Gasteiger partial charge < -0.3 is 4.74 Å². The summed E-state index contributed by atoms with van der Waals surface area (Å²) < 4.78 is 5.50. The zero-order valence-corrected chi connectivity index (χ0v) is 14.1. The van der Waals surface area contributed by atoms with Crippen LogP contribution in [0, 0.1) is 36.0 Å². The molecule has 3 nitrogen and oxygen atoms in total. The van der Waals surface area contributed by atoms with Crippen LogP contribution in [-0.2, 0) is 9.53 Å². The van der Waals surface area contributed by atoms with Crippen molar-refractivity contribution in [3.05, 3.63) is 47.0 Å². The molecule has 1 aromatic carbocycles. The molecule has 0 bridgehead atoms. The van der Waals surface area contributed by atoms with Crippen molar-refractivity contribution in [2.45, 2.75) is 45.1 Å². The van der Waals surface area contributed by atoms with Crippen LogP contribution < -0.4 is 0 Å². The number of hydrogen-bond acceptors (Lipinski definition) is 3. The predicted molar refractivity (Wildman–Crippen MR) is 94.7 cm³/mol. The third-order valence-corrected chi connectivity index (χ3v) is 3.69. The number of esters is 1. The molecule has 0 saturated heterocycles. The van der Waals surface area contributed by atoms with Crippen molar-refractivity contribution in [3.63, 3.8) is 0 Å². The van der Waals surface area contributed by atoms with Gasteiger partial charge in [0.15, 0.2) is 6.10 Å². The predicted octanol–water partition coefficient (Wildman–Crippen LogP) is 3.96. The van der Waals surface area contributed by atoms with Crippen molar-refractivity contribution in [2.24, 2.45) is 0 Å². The van der Waals surface area contributed by atoms with Crippen LogP contribution in [0.5, 0.6) is 0 Å². The second-order valence-corrected chi connectivity index (χ2v) is 5.37. The first-order valence-electron chi connectivity index (χ1n) is 7.84. The van der Waals surface area contributed by atoms with E-state index in [1.807, 2.05) is 19.9 Å². The van der Waals surface area contributed by atoms with Gasteiger partial charge in [-0.3, -0.25) is 4.79 Å². The maximum absolute atomic E-state index is 12.5. The average molecular weight is 319 g/mol. The summed E-state index contributed by atoms with van der Waals surface area (Å²) in [5.41, 5.74) is 2.16. The van der Waals surface area contributed by atoms with E-state index in [0.717, 1.165) is 11.1 Å². The largest absolute Gasteiger partial charge is 0.444 e. The summed E-state index contributed by atoms with van der Waals surface area (Å²) in [6, 6.07) is 8.98. The van der Waals surface area contributed by atoms with Crippen LogP contribution >= 0.6 is 0 Å². The Morgan fingerprint density at radius 1 is 1.33 bits per heavy atom. The van der Waals surface area contributed by atoms with E-state index in [0.29, 0.717) is 24.8 Å². The molecule has 2 atom stereocenters. The number of ether oxygens (including phenoxy) is 1. The SMILES string of the molecule is C#CCC/C=C(\C)C(C#C)OC(=O)C(CC)c1ccc(C#N)cc1. The Labute approximate surface area is 144 Å². The van der Waals surface area contributed by atoms with E-state index in [1.165, 1.54) is 0 Å². The number of hydrogen-bond donors (Lipinski definition) is 0. The zero-order valence-electron chi connectivity index (χ0n) is 14.1. The first kappa shape index (κ1) is 19.1. The number of rotatable bonds is 7. The van der Waals surface area contributed by atoms with Gasteiger partial charge in [0.1, 0.15) is 0 Å². The van der Waals surface area contributed by atoms with Crippen molar-refractivity contribution in [3.8, 4) is 30.8 Å². The minimum atomic E-state index is -0.692. The molecule has 0 aromatic heterocycles. The highest BCUT2D eigenvalue weighted by Crippen LogP contribution is 2.23. The number of terminal acetylenes is 2. The number of carbonyl (C=O) groups excluding carboxylic acids is 1. The third kappa shape index (κ3) is 5.35. The molecule has 0 heterocycles. The monoisotopic (exact) mass is 319 g/mol. The number of unbranched alkanes of at least 4 members (excludes halogenated alkanes) is 1. The summed E-state index contributed by atoms with van der Waals surface area (Å²) in [6.07, 6.45) is 13.8. The lowest BCUT2D eigenvalue weighted by molar-refractivity contribution is -0.147. The molecule has 3 heteroatoms. The molecule has 0 aliphatic carbocycles. The lowest BCUT2D eigenvalue weighted by Crippen LogP contribution is -2.23. The van der Waals surface area contributed by atoms with Crippen LogP contribution in [0.3, 0.4) is 0 Å². The van der Waals surface area contributed by atoms with Crippen molar-refractivity contribution >= 4 is 5.97 Å². The number of nitriles is 1. The van der Waals surface area contributed by atoms with Crippen molar-refractivity contribution in [1.29, 1.82) is 5.26 Å². The van der Waals surface area contributed by atoms with Crippen LogP contribution in [0.25, 0.3) is 0 Å². The fraction of sp³-hybridized carbons (Fsp3) is 0.333. The summed E-state index contributed by atoms with van der Waals surface area (Å²) in [7, 11) is 0. The highest BCUT2D eigenvalue weighted by molar-refractivity contribution is 5.78. The van der Waals surface area contributed by atoms with Crippen molar-refractivity contribution < 1.29 is 9.53 Å². The molecular formula is C21H21NO2. The van der Waals surface area contributed by atoms with E-state index >= 15 is 0 Å². The van der Waals surface area contributed by atoms with Crippen LogP contribution in [0.4, 0.5) is 0 Å². The smallest absolute Gasteiger partial charge is 0.314 e. The Balaban J connectivity index is 2.85. The normalized spacial score (nSPS) is 13.0. The Kier molecular flexibility index (Phi) is 7.90. The molecule has 0 N–H and O–H groups in total. The summed E-state index contributed by atoms with van der Waals surface area (Å²) in [5, 5.41) is 8.85. The minimum Gasteiger partial charge on any atom is -0.444 e. The molecule has 0 spiro atoms. The number of carbonyl (C=O) groups is 1. The van der Waals surface area contributed by atoms with E-state index in [4.69, 9.17) is 22.8 Å². The first-order chi connectivity index (χ1) is 11.6. The first-order valence-corrected chi connectivity index (χ1v) is 7.84. The Hall–Kier alpha value is -2.96. The number of benzene rings is 1. The molecule has 24 heavy (non-hydrogen) atoms. The van der Waals surface area contributed by atoms with Crippen LogP contribution in [-0.4, -0.2) is 12.1 Å². The van der Waals surface area contributed by atoms with E-state index in [9.17, 15) is 4.79 Å². The molecular weight excluding hydrogens is 298 g/mol. The second kappa shape index (κ2) is 9.94. The fourth-order valence-corrected chi connectivity index (χ4v) is 2.28. The maximum Gasteiger partial charge on any atom is 0.314 e. The van der Waals surface area contributed by atoms with Gasteiger partial charge in [-0.15, -0.1) is 18.8 Å². The maximum atomic E-state index is 12.5. The fourth-order valence-electron chi connectivity index (χ4n) is 2.28. The zero-order chi connectivity index (χ0) is 17.9. The topological polar surface area (TPSA) is 50.1 Å². The van der Waals surface area contributed by atoms with Gasteiger partial charge in [0.25, 0.3) is 0 Å². The molecule has 1 rings (SSSR count).